The maximum absolute atomic E-state index is 12.3. The molecule has 0 amide bonds. The highest BCUT2D eigenvalue weighted by Crippen LogP contribution is 2.28. The summed E-state index contributed by atoms with van der Waals surface area (Å²) in [5, 5.41) is 2.88. The maximum atomic E-state index is 12.3. The first kappa shape index (κ1) is 13.3. The molecule has 0 aromatic carbocycles. The van der Waals surface area contributed by atoms with Gasteiger partial charge in [-0.1, -0.05) is 0 Å². The number of nitrogens with one attached hydrogen (secondary N) is 1. The zero-order valence-electron chi connectivity index (χ0n) is 10.1. The number of hydrogen-bond donors (Lipinski definition) is 1. The Labute approximate surface area is 107 Å². The van der Waals surface area contributed by atoms with Gasteiger partial charge in [0.1, 0.15) is 5.82 Å². The molecule has 0 aliphatic rings. The lowest BCUT2D eigenvalue weighted by molar-refractivity contribution is -0.137. The molecule has 0 saturated heterocycles. The van der Waals surface area contributed by atoms with E-state index in [2.05, 4.69) is 20.3 Å². The van der Waals surface area contributed by atoms with Crippen LogP contribution in [0.5, 0.6) is 0 Å². The molecule has 7 heteroatoms. The minimum atomic E-state index is -4.37. The van der Waals surface area contributed by atoms with Crippen LogP contribution in [0.3, 0.4) is 0 Å². The van der Waals surface area contributed by atoms with Crippen LogP contribution in [-0.4, -0.2) is 15.0 Å². The van der Waals surface area contributed by atoms with Gasteiger partial charge >= 0.3 is 6.18 Å². The number of halogens is 3. The predicted molar refractivity (Wildman–Crippen MR) is 63.3 cm³/mol. The van der Waals surface area contributed by atoms with E-state index in [4.69, 9.17) is 0 Å². The first-order valence-corrected chi connectivity index (χ1v) is 5.50. The number of pyridine rings is 1. The van der Waals surface area contributed by atoms with Gasteiger partial charge in [0.25, 0.3) is 0 Å². The molecule has 2 aromatic heterocycles. The molecule has 0 unspecified atom stereocenters. The van der Waals surface area contributed by atoms with Gasteiger partial charge in [-0.15, -0.1) is 0 Å². The second kappa shape index (κ2) is 5.21. The third-order valence-electron chi connectivity index (χ3n) is 2.38. The fourth-order valence-electron chi connectivity index (χ4n) is 1.36. The van der Waals surface area contributed by atoms with Crippen LogP contribution in [0.15, 0.2) is 30.7 Å². The molecule has 100 valence electrons. The SMILES string of the molecule is Cc1cnc(CNc2ccc(C(F)(F)F)cn2)cn1. The van der Waals surface area contributed by atoms with Gasteiger partial charge in [0.2, 0.25) is 0 Å². The lowest BCUT2D eigenvalue weighted by Crippen LogP contribution is -2.07. The molecule has 2 heterocycles. The Morgan fingerprint density at radius 1 is 1.05 bits per heavy atom. The summed E-state index contributed by atoms with van der Waals surface area (Å²) in [5.74, 6) is 0.357. The van der Waals surface area contributed by atoms with E-state index in [-0.39, 0.29) is 0 Å². The Bertz CT molecular complexity index is 534. The smallest absolute Gasteiger partial charge is 0.364 e. The molecule has 0 fully saturated rings. The molecule has 19 heavy (non-hydrogen) atoms. The Morgan fingerprint density at radius 3 is 2.37 bits per heavy atom. The van der Waals surface area contributed by atoms with E-state index in [1.807, 2.05) is 6.92 Å². The van der Waals surface area contributed by atoms with Crippen LogP contribution in [0, 0.1) is 6.92 Å². The van der Waals surface area contributed by atoms with Crippen LogP contribution >= 0.6 is 0 Å². The van der Waals surface area contributed by atoms with Crippen molar-refractivity contribution in [3.8, 4) is 0 Å². The molecule has 0 bridgehead atoms. The fraction of sp³-hybridized carbons (Fsp3) is 0.250. The van der Waals surface area contributed by atoms with Gasteiger partial charge in [0.15, 0.2) is 0 Å². The molecule has 0 aliphatic carbocycles. The topological polar surface area (TPSA) is 50.7 Å². The minimum absolute atomic E-state index is 0.353. The third kappa shape index (κ3) is 3.64. The number of anilines is 1. The van der Waals surface area contributed by atoms with Crippen molar-refractivity contribution < 1.29 is 13.2 Å². The highest BCUT2D eigenvalue weighted by atomic mass is 19.4. The van der Waals surface area contributed by atoms with Crippen LogP contribution in [0.2, 0.25) is 0 Å². The zero-order chi connectivity index (χ0) is 13.9. The van der Waals surface area contributed by atoms with Crippen molar-refractivity contribution in [3.05, 3.63) is 47.7 Å². The average Bonchev–Trinajstić information content (AvgIpc) is 2.37. The zero-order valence-corrected chi connectivity index (χ0v) is 10.1. The van der Waals surface area contributed by atoms with Gasteiger partial charge in [-0.05, 0) is 19.1 Å². The van der Waals surface area contributed by atoms with Crippen LogP contribution in [0.25, 0.3) is 0 Å². The quantitative estimate of drug-likeness (QED) is 0.930. The monoisotopic (exact) mass is 268 g/mol. The van der Waals surface area contributed by atoms with Crippen molar-refractivity contribution in [3.63, 3.8) is 0 Å². The van der Waals surface area contributed by atoms with Gasteiger partial charge in [0, 0.05) is 12.4 Å². The van der Waals surface area contributed by atoms with Crippen molar-refractivity contribution in [2.75, 3.05) is 5.32 Å². The number of aromatic nitrogens is 3. The molecule has 0 radical (unpaired) electrons. The molecular formula is C12H11F3N4. The minimum Gasteiger partial charge on any atom is -0.364 e. The Morgan fingerprint density at radius 2 is 1.84 bits per heavy atom. The molecule has 0 saturated carbocycles. The second-order valence-corrected chi connectivity index (χ2v) is 3.93. The van der Waals surface area contributed by atoms with Crippen molar-refractivity contribution in [1.29, 1.82) is 0 Å². The molecular weight excluding hydrogens is 257 g/mol. The first-order valence-electron chi connectivity index (χ1n) is 5.50. The molecule has 4 nitrogen and oxygen atoms in total. The number of nitrogens with zero attached hydrogens (tertiary/aromatic N) is 3. The number of rotatable bonds is 3. The van der Waals surface area contributed by atoms with Crippen LogP contribution < -0.4 is 5.32 Å². The Balaban J connectivity index is 1.98. The first-order chi connectivity index (χ1) is 8.95. The van der Waals surface area contributed by atoms with E-state index in [1.165, 1.54) is 6.07 Å². The summed E-state index contributed by atoms with van der Waals surface area (Å²) in [6, 6.07) is 2.26. The second-order valence-electron chi connectivity index (χ2n) is 3.93. The summed E-state index contributed by atoms with van der Waals surface area (Å²) < 4.78 is 37.0. The summed E-state index contributed by atoms with van der Waals surface area (Å²) in [7, 11) is 0. The maximum Gasteiger partial charge on any atom is 0.417 e. The summed E-state index contributed by atoms with van der Waals surface area (Å²) in [5.41, 5.74) is 0.719. The lowest BCUT2D eigenvalue weighted by atomic mass is 10.3. The highest BCUT2D eigenvalue weighted by molar-refractivity contribution is 5.36. The van der Waals surface area contributed by atoms with Crippen LogP contribution in [-0.2, 0) is 12.7 Å². The fourth-order valence-corrected chi connectivity index (χ4v) is 1.36. The van der Waals surface area contributed by atoms with Gasteiger partial charge in [-0.3, -0.25) is 9.97 Å². The molecule has 0 atom stereocenters. The number of hydrogen-bond acceptors (Lipinski definition) is 4. The predicted octanol–water partition coefficient (Wildman–Crippen LogP) is 2.81. The van der Waals surface area contributed by atoms with Crippen molar-refractivity contribution in [2.45, 2.75) is 19.6 Å². The summed E-state index contributed by atoms with van der Waals surface area (Å²) >= 11 is 0. The number of aryl methyl sites for hydroxylation is 1. The van der Waals surface area contributed by atoms with Crippen LogP contribution in [0.1, 0.15) is 17.0 Å². The standard InChI is InChI=1S/C12H11F3N4/c1-8-4-17-10(6-16-8)7-19-11-3-2-9(5-18-11)12(13,14)15/h2-6H,7H2,1H3,(H,18,19). The largest absolute Gasteiger partial charge is 0.417 e. The van der Waals surface area contributed by atoms with Gasteiger partial charge in [-0.2, -0.15) is 13.2 Å². The van der Waals surface area contributed by atoms with Crippen molar-refractivity contribution in [2.24, 2.45) is 0 Å². The average molecular weight is 268 g/mol. The number of alkyl halides is 3. The molecule has 1 N–H and O–H groups in total. The van der Waals surface area contributed by atoms with Crippen LogP contribution in [0.4, 0.5) is 19.0 Å². The van der Waals surface area contributed by atoms with E-state index in [1.54, 1.807) is 12.4 Å². The lowest BCUT2D eigenvalue weighted by Gasteiger charge is -2.08. The van der Waals surface area contributed by atoms with E-state index in [0.717, 1.165) is 18.0 Å². The molecule has 0 aliphatic heterocycles. The summed E-state index contributed by atoms with van der Waals surface area (Å²) in [6.07, 6.45) is -0.347. The van der Waals surface area contributed by atoms with E-state index >= 15 is 0 Å². The van der Waals surface area contributed by atoms with Gasteiger partial charge in [0.05, 0.1) is 29.7 Å². The van der Waals surface area contributed by atoms with E-state index < -0.39 is 11.7 Å². The van der Waals surface area contributed by atoms with Gasteiger partial charge in [-0.25, -0.2) is 4.98 Å². The van der Waals surface area contributed by atoms with Crippen molar-refractivity contribution >= 4 is 5.82 Å². The Hall–Kier alpha value is -2.18. The molecule has 2 aromatic rings. The van der Waals surface area contributed by atoms with E-state index in [9.17, 15) is 13.2 Å². The Kier molecular flexibility index (Phi) is 3.64. The molecule has 2 rings (SSSR count). The van der Waals surface area contributed by atoms with Gasteiger partial charge < -0.3 is 5.32 Å². The summed E-state index contributed by atoms with van der Waals surface area (Å²) in [4.78, 5) is 11.9. The molecule has 0 spiro atoms. The summed E-state index contributed by atoms with van der Waals surface area (Å²) in [6.45, 7) is 2.17. The highest BCUT2D eigenvalue weighted by Gasteiger charge is 2.30. The van der Waals surface area contributed by atoms with Crippen molar-refractivity contribution in [1.82, 2.24) is 15.0 Å². The third-order valence-corrected chi connectivity index (χ3v) is 2.38. The normalized spacial score (nSPS) is 11.4. The van der Waals surface area contributed by atoms with E-state index in [0.29, 0.717) is 18.1 Å².